The van der Waals surface area contributed by atoms with Crippen molar-refractivity contribution < 1.29 is 8.78 Å². The summed E-state index contributed by atoms with van der Waals surface area (Å²) in [6.45, 7) is 0. The third-order valence-electron chi connectivity index (χ3n) is 2.46. The highest BCUT2D eigenvalue weighted by Gasteiger charge is 2.36. The highest BCUT2D eigenvalue weighted by molar-refractivity contribution is 5.01. The first-order chi connectivity index (χ1) is 5.55. The number of hydrogen-bond acceptors (Lipinski definition) is 1. The summed E-state index contributed by atoms with van der Waals surface area (Å²) in [6, 6.07) is -0.346. The van der Waals surface area contributed by atoms with Crippen LogP contribution in [0.2, 0.25) is 0 Å². The molecule has 1 nitrogen and oxygen atoms in total. The SMILES string of the molecule is C#C[C@@H](N)C1CCC(F)(F)CC1. The first kappa shape index (κ1) is 9.47. The number of hydrogen-bond donors (Lipinski definition) is 1. The van der Waals surface area contributed by atoms with Crippen LogP contribution in [0.1, 0.15) is 25.7 Å². The van der Waals surface area contributed by atoms with Gasteiger partial charge in [-0.2, -0.15) is 0 Å². The van der Waals surface area contributed by atoms with Crippen molar-refractivity contribution in [2.45, 2.75) is 37.6 Å². The molecule has 1 rings (SSSR count). The Balaban J connectivity index is 2.42. The Hall–Kier alpha value is -0.620. The third-order valence-corrected chi connectivity index (χ3v) is 2.46. The monoisotopic (exact) mass is 173 g/mol. The average Bonchev–Trinajstić information content (AvgIpc) is 2.03. The van der Waals surface area contributed by atoms with Gasteiger partial charge in [-0.3, -0.25) is 0 Å². The van der Waals surface area contributed by atoms with Crippen molar-refractivity contribution >= 4 is 0 Å². The predicted octanol–water partition coefficient (Wildman–Crippen LogP) is 1.77. The lowest BCUT2D eigenvalue weighted by molar-refractivity contribution is -0.0465. The normalized spacial score (nSPS) is 26.2. The maximum absolute atomic E-state index is 12.7. The van der Waals surface area contributed by atoms with Gasteiger partial charge in [0.25, 0.3) is 0 Å². The van der Waals surface area contributed by atoms with Gasteiger partial charge >= 0.3 is 0 Å². The second kappa shape index (κ2) is 3.40. The number of alkyl halides is 2. The minimum Gasteiger partial charge on any atom is -0.317 e. The molecule has 1 aliphatic rings. The lowest BCUT2D eigenvalue weighted by Gasteiger charge is -2.29. The molecule has 0 unspecified atom stereocenters. The van der Waals surface area contributed by atoms with Crippen LogP contribution in [-0.4, -0.2) is 12.0 Å². The van der Waals surface area contributed by atoms with Crippen LogP contribution in [0.5, 0.6) is 0 Å². The fraction of sp³-hybridized carbons (Fsp3) is 0.778. The van der Waals surface area contributed by atoms with E-state index in [1.165, 1.54) is 0 Å². The van der Waals surface area contributed by atoms with Gasteiger partial charge in [0.2, 0.25) is 5.92 Å². The molecule has 1 aliphatic carbocycles. The molecule has 2 N–H and O–H groups in total. The van der Waals surface area contributed by atoms with Crippen LogP contribution in [0.3, 0.4) is 0 Å². The quantitative estimate of drug-likeness (QED) is 0.601. The molecule has 0 bridgehead atoms. The van der Waals surface area contributed by atoms with E-state index < -0.39 is 5.92 Å². The first-order valence-corrected chi connectivity index (χ1v) is 4.15. The summed E-state index contributed by atoms with van der Waals surface area (Å²) in [5.74, 6) is 0.00578. The molecule has 0 aromatic carbocycles. The van der Waals surface area contributed by atoms with Gasteiger partial charge in [-0.05, 0) is 18.8 Å². The van der Waals surface area contributed by atoms with E-state index in [1.807, 2.05) is 0 Å². The van der Waals surface area contributed by atoms with Crippen molar-refractivity contribution in [3.63, 3.8) is 0 Å². The smallest absolute Gasteiger partial charge is 0.248 e. The number of halogens is 2. The van der Waals surface area contributed by atoms with Crippen LogP contribution < -0.4 is 5.73 Å². The lowest BCUT2D eigenvalue weighted by Crippen LogP contribution is -2.35. The fourth-order valence-corrected chi connectivity index (χ4v) is 1.56. The molecular formula is C9H13F2N. The van der Waals surface area contributed by atoms with Gasteiger partial charge in [0, 0.05) is 12.8 Å². The summed E-state index contributed by atoms with van der Waals surface area (Å²) in [4.78, 5) is 0. The van der Waals surface area contributed by atoms with Gasteiger partial charge in [-0.1, -0.05) is 5.92 Å². The van der Waals surface area contributed by atoms with E-state index in [-0.39, 0.29) is 24.8 Å². The molecule has 0 amide bonds. The van der Waals surface area contributed by atoms with E-state index in [0.29, 0.717) is 12.8 Å². The van der Waals surface area contributed by atoms with Crippen molar-refractivity contribution in [1.82, 2.24) is 0 Å². The molecule has 0 aromatic heterocycles. The minimum atomic E-state index is -2.48. The molecule has 0 spiro atoms. The Labute approximate surface area is 71.3 Å². The van der Waals surface area contributed by atoms with E-state index in [0.717, 1.165) is 0 Å². The molecule has 0 saturated heterocycles. The molecule has 1 fully saturated rings. The van der Waals surface area contributed by atoms with Crippen LogP contribution in [-0.2, 0) is 0 Å². The first-order valence-electron chi connectivity index (χ1n) is 4.15. The predicted molar refractivity (Wildman–Crippen MR) is 43.7 cm³/mol. The van der Waals surface area contributed by atoms with E-state index >= 15 is 0 Å². The molecule has 0 aromatic rings. The molecule has 0 heterocycles. The zero-order chi connectivity index (χ0) is 9.19. The van der Waals surface area contributed by atoms with Crippen molar-refractivity contribution in [3.8, 4) is 12.3 Å². The van der Waals surface area contributed by atoms with E-state index in [1.54, 1.807) is 0 Å². The molecule has 12 heavy (non-hydrogen) atoms. The molecule has 0 aliphatic heterocycles. The van der Waals surface area contributed by atoms with Crippen molar-refractivity contribution in [3.05, 3.63) is 0 Å². The fourth-order valence-electron chi connectivity index (χ4n) is 1.56. The van der Waals surface area contributed by atoms with Crippen LogP contribution in [0.4, 0.5) is 8.78 Å². The van der Waals surface area contributed by atoms with E-state index in [2.05, 4.69) is 5.92 Å². The summed E-state index contributed by atoms with van der Waals surface area (Å²) < 4.78 is 25.3. The van der Waals surface area contributed by atoms with Crippen molar-refractivity contribution in [1.29, 1.82) is 0 Å². The van der Waals surface area contributed by atoms with Crippen LogP contribution >= 0.6 is 0 Å². The van der Waals surface area contributed by atoms with Gasteiger partial charge in [0.15, 0.2) is 0 Å². The Bertz CT molecular complexity index is 185. The average molecular weight is 173 g/mol. The summed E-state index contributed by atoms with van der Waals surface area (Å²) in [5.41, 5.74) is 5.56. The zero-order valence-corrected chi connectivity index (χ0v) is 6.89. The Morgan fingerprint density at radius 2 is 1.92 bits per heavy atom. The topological polar surface area (TPSA) is 26.0 Å². The van der Waals surface area contributed by atoms with Crippen LogP contribution in [0.15, 0.2) is 0 Å². The Kier molecular flexibility index (Phi) is 2.69. The zero-order valence-electron chi connectivity index (χ0n) is 6.89. The van der Waals surface area contributed by atoms with Gasteiger partial charge in [-0.25, -0.2) is 8.78 Å². The minimum absolute atomic E-state index is 0.0625. The van der Waals surface area contributed by atoms with E-state index in [4.69, 9.17) is 12.2 Å². The largest absolute Gasteiger partial charge is 0.317 e. The molecular weight excluding hydrogens is 160 g/mol. The van der Waals surface area contributed by atoms with Crippen molar-refractivity contribution in [2.75, 3.05) is 0 Å². The highest BCUT2D eigenvalue weighted by atomic mass is 19.3. The van der Waals surface area contributed by atoms with Crippen LogP contribution in [0.25, 0.3) is 0 Å². The van der Waals surface area contributed by atoms with Gasteiger partial charge in [-0.15, -0.1) is 6.42 Å². The van der Waals surface area contributed by atoms with Gasteiger partial charge < -0.3 is 5.73 Å². The number of terminal acetylenes is 1. The maximum atomic E-state index is 12.7. The van der Waals surface area contributed by atoms with Crippen LogP contribution in [0, 0.1) is 18.3 Å². The van der Waals surface area contributed by atoms with Gasteiger partial charge in [0.1, 0.15) is 0 Å². The lowest BCUT2D eigenvalue weighted by atomic mass is 9.83. The van der Waals surface area contributed by atoms with Crippen molar-refractivity contribution in [2.24, 2.45) is 11.7 Å². The Morgan fingerprint density at radius 1 is 1.42 bits per heavy atom. The third kappa shape index (κ3) is 2.18. The van der Waals surface area contributed by atoms with E-state index in [9.17, 15) is 8.78 Å². The summed E-state index contributed by atoms with van der Waals surface area (Å²) >= 11 is 0. The number of rotatable bonds is 1. The molecule has 3 heteroatoms. The molecule has 1 atom stereocenters. The molecule has 1 saturated carbocycles. The summed E-state index contributed by atoms with van der Waals surface area (Å²) in [6.07, 6.45) is 5.90. The molecule has 68 valence electrons. The maximum Gasteiger partial charge on any atom is 0.248 e. The summed E-state index contributed by atoms with van der Waals surface area (Å²) in [7, 11) is 0. The Morgan fingerprint density at radius 3 is 2.33 bits per heavy atom. The summed E-state index contributed by atoms with van der Waals surface area (Å²) in [5, 5.41) is 0. The second-order valence-electron chi connectivity index (χ2n) is 3.39. The highest BCUT2D eigenvalue weighted by Crippen LogP contribution is 2.36. The second-order valence-corrected chi connectivity index (χ2v) is 3.39. The van der Waals surface area contributed by atoms with Gasteiger partial charge in [0.05, 0.1) is 6.04 Å². The standard InChI is InChI=1S/C9H13F2N/c1-2-8(12)7-3-5-9(10,11)6-4-7/h1,7-8H,3-6,12H2/t8-/m1/s1. The number of nitrogens with two attached hydrogens (primary N) is 1. The molecule has 0 radical (unpaired) electrons.